The second kappa shape index (κ2) is 5.72. The molecule has 0 aliphatic rings. The third-order valence-corrected chi connectivity index (χ3v) is 3.27. The van der Waals surface area contributed by atoms with Gasteiger partial charge in [-0.15, -0.1) is 0 Å². The minimum absolute atomic E-state index is 0.00308. The van der Waals surface area contributed by atoms with Crippen LogP contribution >= 0.6 is 15.9 Å². The van der Waals surface area contributed by atoms with Gasteiger partial charge in [0.1, 0.15) is 5.82 Å². The predicted octanol–water partition coefficient (Wildman–Crippen LogP) is 3.29. The van der Waals surface area contributed by atoms with Gasteiger partial charge >= 0.3 is 0 Å². The van der Waals surface area contributed by atoms with Crippen LogP contribution in [0.15, 0.2) is 40.9 Å². The van der Waals surface area contributed by atoms with E-state index < -0.39 is 11.7 Å². The highest BCUT2D eigenvalue weighted by Crippen LogP contribution is 2.22. The first-order valence-corrected chi connectivity index (χ1v) is 6.36. The number of nitrogens with zero attached hydrogens (tertiary/aromatic N) is 1. The Morgan fingerprint density at radius 2 is 2.05 bits per heavy atom. The van der Waals surface area contributed by atoms with E-state index in [-0.39, 0.29) is 11.3 Å². The molecular formula is C14H9BrFN3O. The van der Waals surface area contributed by atoms with Crippen LogP contribution in [0, 0.1) is 17.1 Å². The quantitative estimate of drug-likeness (QED) is 0.827. The van der Waals surface area contributed by atoms with Crippen molar-refractivity contribution < 1.29 is 9.18 Å². The summed E-state index contributed by atoms with van der Waals surface area (Å²) in [6.45, 7) is 0. The predicted molar refractivity (Wildman–Crippen MR) is 77.6 cm³/mol. The third-order valence-electron chi connectivity index (χ3n) is 2.58. The number of amides is 1. The summed E-state index contributed by atoms with van der Waals surface area (Å²) in [6.07, 6.45) is 0. The fourth-order valence-corrected chi connectivity index (χ4v) is 2.02. The summed E-state index contributed by atoms with van der Waals surface area (Å²) in [5.74, 6) is -1.16. The normalized spacial score (nSPS) is 9.85. The monoisotopic (exact) mass is 333 g/mol. The van der Waals surface area contributed by atoms with Crippen LogP contribution in [-0.4, -0.2) is 5.91 Å². The second-order valence-electron chi connectivity index (χ2n) is 4.00. The summed E-state index contributed by atoms with van der Waals surface area (Å²) in [4.78, 5) is 12.1. The van der Waals surface area contributed by atoms with E-state index in [1.165, 1.54) is 18.2 Å². The number of nitrogens with two attached hydrogens (primary N) is 1. The van der Waals surface area contributed by atoms with Crippen molar-refractivity contribution in [1.29, 1.82) is 5.26 Å². The molecule has 2 aromatic rings. The van der Waals surface area contributed by atoms with Crippen molar-refractivity contribution in [3.05, 3.63) is 57.8 Å². The van der Waals surface area contributed by atoms with Gasteiger partial charge in [-0.2, -0.15) is 5.26 Å². The Morgan fingerprint density at radius 1 is 1.30 bits per heavy atom. The Morgan fingerprint density at radius 3 is 2.70 bits per heavy atom. The molecule has 0 aliphatic carbocycles. The summed E-state index contributed by atoms with van der Waals surface area (Å²) in [5.41, 5.74) is 6.53. The molecule has 0 aromatic heterocycles. The van der Waals surface area contributed by atoms with Gasteiger partial charge in [-0.1, -0.05) is 0 Å². The fraction of sp³-hybridized carbons (Fsp3) is 0. The number of carbonyl (C=O) groups is 1. The molecule has 0 saturated heterocycles. The van der Waals surface area contributed by atoms with Crippen LogP contribution in [0.4, 0.5) is 15.8 Å². The number of nitrogen functional groups attached to an aromatic ring is 1. The lowest BCUT2D eigenvalue weighted by Crippen LogP contribution is -2.14. The van der Waals surface area contributed by atoms with Crippen LogP contribution in [0.5, 0.6) is 0 Å². The topological polar surface area (TPSA) is 78.9 Å². The van der Waals surface area contributed by atoms with Gasteiger partial charge in [0.15, 0.2) is 0 Å². The van der Waals surface area contributed by atoms with Crippen molar-refractivity contribution in [3.8, 4) is 6.07 Å². The van der Waals surface area contributed by atoms with Crippen molar-refractivity contribution >= 4 is 33.2 Å². The highest BCUT2D eigenvalue weighted by molar-refractivity contribution is 9.10. The molecule has 0 saturated carbocycles. The Kier molecular flexibility index (Phi) is 4.01. The zero-order valence-corrected chi connectivity index (χ0v) is 11.7. The number of nitriles is 1. The average Bonchev–Trinajstić information content (AvgIpc) is 2.43. The van der Waals surface area contributed by atoms with E-state index in [9.17, 15) is 9.18 Å². The van der Waals surface area contributed by atoms with Gasteiger partial charge in [-0.3, -0.25) is 4.79 Å². The van der Waals surface area contributed by atoms with Gasteiger partial charge < -0.3 is 11.1 Å². The van der Waals surface area contributed by atoms with Crippen molar-refractivity contribution in [3.63, 3.8) is 0 Å². The standard InChI is InChI=1S/C14H9BrFN3O/c15-11-3-2-9(18)6-10(11)14(20)19-13-4-1-8(7-17)5-12(13)16/h1-6H,18H2,(H,19,20). The number of anilines is 2. The minimum atomic E-state index is -0.669. The number of carbonyl (C=O) groups excluding carboxylic acids is 1. The van der Waals surface area contributed by atoms with Gasteiger partial charge in [-0.25, -0.2) is 4.39 Å². The molecule has 1 amide bonds. The van der Waals surface area contributed by atoms with Gasteiger partial charge in [0.2, 0.25) is 0 Å². The number of nitrogens with one attached hydrogen (secondary N) is 1. The van der Waals surface area contributed by atoms with Gasteiger partial charge in [0, 0.05) is 10.2 Å². The highest BCUT2D eigenvalue weighted by Gasteiger charge is 2.13. The van der Waals surface area contributed by atoms with Crippen LogP contribution in [0.3, 0.4) is 0 Å². The van der Waals surface area contributed by atoms with E-state index in [1.54, 1.807) is 12.1 Å². The zero-order chi connectivity index (χ0) is 14.7. The average molecular weight is 334 g/mol. The molecule has 3 N–H and O–H groups in total. The van der Waals surface area contributed by atoms with E-state index in [4.69, 9.17) is 11.0 Å². The van der Waals surface area contributed by atoms with E-state index >= 15 is 0 Å². The van der Waals surface area contributed by atoms with Crippen molar-refractivity contribution in [2.24, 2.45) is 0 Å². The molecule has 0 radical (unpaired) electrons. The second-order valence-corrected chi connectivity index (χ2v) is 4.85. The summed E-state index contributed by atoms with van der Waals surface area (Å²) in [7, 11) is 0. The molecule has 0 atom stereocenters. The molecule has 2 rings (SSSR count). The van der Waals surface area contributed by atoms with E-state index in [2.05, 4.69) is 21.2 Å². The number of rotatable bonds is 2. The van der Waals surface area contributed by atoms with Crippen LogP contribution in [-0.2, 0) is 0 Å². The van der Waals surface area contributed by atoms with Gasteiger partial charge in [0.05, 0.1) is 22.9 Å². The van der Waals surface area contributed by atoms with Gasteiger partial charge in [-0.05, 0) is 52.3 Å². The molecule has 0 fully saturated rings. The Labute approximate surface area is 123 Å². The maximum atomic E-state index is 13.7. The Hall–Kier alpha value is -2.39. The largest absolute Gasteiger partial charge is 0.399 e. The van der Waals surface area contributed by atoms with Crippen LogP contribution < -0.4 is 11.1 Å². The van der Waals surface area contributed by atoms with Crippen LogP contribution in [0.2, 0.25) is 0 Å². The summed E-state index contributed by atoms with van der Waals surface area (Å²) in [6, 6.07) is 10.4. The summed E-state index contributed by atoms with van der Waals surface area (Å²) in [5, 5.41) is 11.1. The van der Waals surface area contributed by atoms with Crippen LogP contribution in [0.1, 0.15) is 15.9 Å². The molecular weight excluding hydrogens is 325 g/mol. The molecule has 100 valence electrons. The minimum Gasteiger partial charge on any atom is -0.399 e. The number of hydrogen-bond donors (Lipinski definition) is 2. The van der Waals surface area contributed by atoms with Gasteiger partial charge in [0.25, 0.3) is 5.91 Å². The lowest BCUT2D eigenvalue weighted by molar-refractivity contribution is 0.102. The fourth-order valence-electron chi connectivity index (χ4n) is 1.59. The lowest BCUT2D eigenvalue weighted by Gasteiger charge is -2.08. The highest BCUT2D eigenvalue weighted by atomic mass is 79.9. The smallest absolute Gasteiger partial charge is 0.256 e. The Bertz CT molecular complexity index is 725. The molecule has 0 bridgehead atoms. The molecule has 6 heteroatoms. The molecule has 0 aliphatic heterocycles. The van der Waals surface area contributed by atoms with E-state index in [1.807, 2.05) is 6.07 Å². The molecule has 0 heterocycles. The SMILES string of the molecule is N#Cc1ccc(NC(=O)c2cc(N)ccc2Br)c(F)c1. The lowest BCUT2D eigenvalue weighted by atomic mass is 10.1. The summed E-state index contributed by atoms with van der Waals surface area (Å²) >= 11 is 3.23. The molecule has 0 unspecified atom stereocenters. The number of halogens is 2. The molecule has 0 spiro atoms. The maximum absolute atomic E-state index is 13.7. The maximum Gasteiger partial charge on any atom is 0.256 e. The zero-order valence-electron chi connectivity index (χ0n) is 10.2. The Balaban J connectivity index is 2.28. The molecule has 20 heavy (non-hydrogen) atoms. The number of benzene rings is 2. The van der Waals surface area contributed by atoms with Crippen molar-refractivity contribution in [2.45, 2.75) is 0 Å². The first kappa shape index (κ1) is 14.0. The molecule has 2 aromatic carbocycles. The van der Waals surface area contributed by atoms with Crippen molar-refractivity contribution in [2.75, 3.05) is 11.1 Å². The third kappa shape index (κ3) is 2.95. The summed E-state index contributed by atoms with van der Waals surface area (Å²) < 4.78 is 14.2. The first-order chi connectivity index (χ1) is 9.51. The molecule has 4 nitrogen and oxygen atoms in total. The number of hydrogen-bond acceptors (Lipinski definition) is 3. The van der Waals surface area contributed by atoms with E-state index in [0.717, 1.165) is 6.07 Å². The van der Waals surface area contributed by atoms with Crippen LogP contribution in [0.25, 0.3) is 0 Å². The van der Waals surface area contributed by atoms with E-state index in [0.29, 0.717) is 15.7 Å². The first-order valence-electron chi connectivity index (χ1n) is 5.57. The van der Waals surface area contributed by atoms with Crippen molar-refractivity contribution in [1.82, 2.24) is 0 Å².